The summed E-state index contributed by atoms with van der Waals surface area (Å²) in [7, 11) is 0. The van der Waals surface area contributed by atoms with Gasteiger partial charge in [-0.05, 0) is 30.5 Å². The van der Waals surface area contributed by atoms with Gasteiger partial charge in [0.25, 0.3) is 0 Å². The summed E-state index contributed by atoms with van der Waals surface area (Å²) in [6.07, 6.45) is 2.11. The fourth-order valence-electron chi connectivity index (χ4n) is 2.34. The highest BCUT2D eigenvalue weighted by atomic mass is 32.2. The maximum Gasteiger partial charge on any atom is 0.238 e. The van der Waals surface area contributed by atoms with Gasteiger partial charge < -0.3 is 10.6 Å². The average Bonchev–Trinajstić information content (AvgIpc) is 2.56. The Morgan fingerprint density at radius 3 is 2.78 bits per heavy atom. The molecule has 0 radical (unpaired) electrons. The molecule has 1 atom stereocenters. The monoisotopic (exact) mass is 344 g/mol. The van der Waals surface area contributed by atoms with Gasteiger partial charge in [-0.3, -0.25) is 9.59 Å². The van der Waals surface area contributed by atoms with Crippen molar-refractivity contribution in [3.63, 3.8) is 0 Å². The van der Waals surface area contributed by atoms with Gasteiger partial charge in [-0.2, -0.15) is 0 Å². The molecule has 0 saturated heterocycles. The number of para-hydroxylation sites is 2. The van der Waals surface area contributed by atoms with Crippen molar-refractivity contribution in [2.45, 2.75) is 21.5 Å². The topological polar surface area (TPSA) is 58.2 Å². The molecule has 2 aromatic carbocycles. The molecule has 6 heteroatoms. The molecule has 1 aliphatic heterocycles. The van der Waals surface area contributed by atoms with E-state index < -0.39 is 5.25 Å². The first-order chi connectivity index (χ1) is 11.2. The summed E-state index contributed by atoms with van der Waals surface area (Å²) in [4.78, 5) is 26.4. The third kappa shape index (κ3) is 3.71. The summed E-state index contributed by atoms with van der Waals surface area (Å²) in [6, 6.07) is 15.3. The fourth-order valence-corrected chi connectivity index (χ4v) is 4.01. The number of fused-ring (bicyclic) bond motifs is 1. The molecule has 2 aromatic rings. The van der Waals surface area contributed by atoms with Crippen molar-refractivity contribution in [2.24, 2.45) is 0 Å². The van der Waals surface area contributed by atoms with Crippen LogP contribution in [0.25, 0.3) is 0 Å². The van der Waals surface area contributed by atoms with Gasteiger partial charge in [-0.15, -0.1) is 23.5 Å². The molecule has 0 saturated carbocycles. The van der Waals surface area contributed by atoms with Crippen LogP contribution in [-0.4, -0.2) is 23.3 Å². The molecule has 0 aromatic heterocycles. The second-order valence-corrected chi connectivity index (χ2v) is 7.14. The van der Waals surface area contributed by atoms with E-state index in [2.05, 4.69) is 10.6 Å². The summed E-state index contributed by atoms with van der Waals surface area (Å²) in [5.41, 5.74) is 1.60. The van der Waals surface area contributed by atoms with Crippen LogP contribution in [0.2, 0.25) is 0 Å². The van der Waals surface area contributed by atoms with Crippen LogP contribution in [0.5, 0.6) is 0 Å². The lowest BCUT2D eigenvalue weighted by Crippen LogP contribution is -2.32. The van der Waals surface area contributed by atoms with Crippen LogP contribution < -0.4 is 10.6 Å². The third-order valence-corrected chi connectivity index (χ3v) is 5.53. The molecular formula is C17H16N2O2S2. The van der Waals surface area contributed by atoms with Gasteiger partial charge in [0.15, 0.2) is 0 Å². The molecule has 3 rings (SSSR count). The van der Waals surface area contributed by atoms with E-state index in [0.717, 1.165) is 21.2 Å². The second-order valence-electron chi connectivity index (χ2n) is 5.04. The first-order valence-corrected chi connectivity index (χ1v) is 9.27. The number of anilines is 2. The Morgan fingerprint density at radius 1 is 1.22 bits per heavy atom. The van der Waals surface area contributed by atoms with Crippen molar-refractivity contribution in [3.8, 4) is 0 Å². The van der Waals surface area contributed by atoms with Crippen molar-refractivity contribution in [3.05, 3.63) is 48.5 Å². The molecule has 1 heterocycles. The largest absolute Gasteiger partial charge is 0.325 e. The maximum absolute atomic E-state index is 12.3. The number of hydrogen-bond donors (Lipinski definition) is 2. The Labute approximate surface area is 143 Å². The van der Waals surface area contributed by atoms with E-state index in [1.807, 2.05) is 54.8 Å². The van der Waals surface area contributed by atoms with Crippen LogP contribution in [0.1, 0.15) is 6.42 Å². The molecule has 2 amide bonds. The van der Waals surface area contributed by atoms with Crippen LogP contribution in [0, 0.1) is 0 Å². The smallest absolute Gasteiger partial charge is 0.238 e. The van der Waals surface area contributed by atoms with E-state index in [4.69, 9.17) is 0 Å². The van der Waals surface area contributed by atoms with E-state index in [1.54, 1.807) is 11.8 Å². The summed E-state index contributed by atoms with van der Waals surface area (Å²) < 4.78 is 0. The lowest BCUT2D eigenvalue weighted by Gasteiger charge is -2.23. The predicted molar refractivity (Wildman–Crippen MR) is 96.2 cm³/mol. The highest BCUT2D eigenvalue weighted by Crippen LogP contribution is 2.36. The van der Waals surface area contributed by atoms with Gasteiger partial charge in [-0.1, -0.05) is 24.3 Å². The molecule has 0 fully saturated rings. The van der Waals surface area contributed by atoms with E-state index in [-0.39, 0.29) is 18.2 Å². The van der Waals surface area contributed by atoms with Crippen molar-refractivity contribution in [1.82, 2.24) is 0 Å². The molecule has 4 nitrogen and oxygen atoms in total. The molecule has 0 aliphatic carbocycles. The van der Waals surface area contributed by atoms with Gasteiger partial charge >= 0.3 is 0 Å². The number of carbonyl (C=O) groups excluding carboxylic acids is 2. The molecule has 0 bridgehead atoms. The number of hydrogen-bond acceptors (Lipinski definition) is 4. The SMILES string of the molecule is CSc1ccccc1NC(=O)CC1Sc2ccccc2NC1=O. The fraction of sp³-hybridized carbons (Fsp3) is 0.176. The number of rotatable bonds is 4. The van der Waals surface area contributed by atoms with Crippen molar-refractivity contribution >= 4 is 46.7 Å². The highest BCUT2D eigenvalue weighted by Gasteiger charge is 2.28. The van der Waals surface area contributed by atoms with E-state index in [1.165, 1.54) is 11.8 Å². The Hall–Kier alpha value is -1.92. The standard InChI is InChI=1S/C17H16N2O2S2/c1-22-13-8-4-2-6-11(13)18-16(20)10-15-17(21)19-12-7-3-5-9-14(12)23-15/h2-9,15H,10H2,1H3,(H,18,20)(H,19,21). The van der Waals surface area contributed by atoms with Gasteiger partial charge in [0.2, 0.25) is 11.8 Å². The number of carbonyl (C=O) groups is 2. The first-order valence-electron chi connectivity index (χ1n) is 7.17. The number of thioether (sulfide) groups is 2. The van der Waals surface area contributed by atoms with Gasteiger partial charge in [0.05, 0.1) is 16.6 Å². The molecule has 118 valence electrons. The van der Waals surface area contributed by atoms with Crippen LogP contribution in [0.4, 0.5) is 11.4 Å². The van der Waals surface area contributed by atoms with E-state index >= 15 is 0 Å². The summed E-state index contributed by atoms with van der Waals surface area (Å²) >= 11 is 3.01. The Morgan fingerprint density at radius 2 is 1.96 bits per heavy atom. The zero-order chi connectivity index (χ0) is 16.2. The Kier molecular flexibility index (Phi) is 4.93. The minimum atomic E-state index is -0.411. The van der Waals surface area contributed by atoms with Crippen LogP contribution in [-0.2, 0) is 9.59 Å². The van der Waals surface area contributed by atoms with E-state index in [9.17, 15) is 9.59 Å². The number of nitrogens with one attached hydrogen (secondary N) is 2. The average molecular weight is 344 g/mol. The molecular weight excluding hydrogens is 328 g/mol. The maximum atomic E-state index is 12.3. The predicted octanol–water partition coefficient (Wildman–Crippen LogP) is 3.85. The Balaban J connectivity index is 1.68. The van der Waals surface area contributed by atoms with Crippen molar-refractivity contribution < 1.29 is 9.59 Å². The van der Waals surface area contributed by atoms with Crippen LogP contribution in [0.15, 0.2) is 58.3 Å². The molecule has 1 unspecified atom stereocenters. The van der Waals surface area contributed by atoms with Crippen LogP contribution in [0.3, 0.4) is 0 Å². The van der Waals surface area contributed by atoms with Crippen LogP contribution >= 0.6 is 23.5 Å². The second kappa shape index (κ2) is 7.10. The summed E-state index contributed by atoms with van der Waals surface area (Å²) in [5, 5.41) is 5.35. The molecule has 1 aliphatic rings. The van der Waals surface area contributed by atoms with Crippen molar-refractivity contribution in [2.75, 3.05) is 16.9 Å². The molecule has 23 heavy (non-hydrogen) atoms. The number of benzene rings is 2. The third-order valence-electron chi connectivity index (χ3n) is 3.46. The van der Waals surface area contributed by atoms with Crippen molar-refractivity contribution in [1.29, 1.82) is 0 Å². The summed E-state index contributed by atoms with van der Waals surface area (Å²) in [6.45, 7) is 0. The van der Waals surface area contributed by atoms with Gasteiger partial charge in [0, 0.05) is 16.2 Å². The highest BCUT2D eigenvalue weighted by molar-refractivity contribution is 8.01. The number of amides is 2. The lowest BCUT2D eigenvalue weighted by molar-refractivity contribution is -0.120. The van der Waals surface area contributed by atoms with E-state index in [0.29, 0.717) is 0 Å². The molecule has 0 spiro atoms. The minimum absolute atomic E-state index is 0.123. The van der Waals surface area contributed by atoms with Gasteiger partial charge in [0.1, 0.15) is 0 Å². The zero-order valence-electron chi connectivity index (χ0n) is 12.5. The minimum Gasteiger partial charge on any atom is -0.325 e. The van der Waals surface area contributed by atoms with Gasteiger partial charge in [-0.25, -0.2) is 0 Å². The zero-order valence-corrected chi connectivity index (χ0v) is 14.2. The molecule has 2 N–H and O–H groups in total. The Bertz CT molecular complexity index is 749. The normalized spacial score (nSPS) is 16.4. The summed E-state index contributed by atoms with van der Waals surface area (Å²) in [5.74, 6) is -0.277. The first kappa shape index (κ1) is 16.0. The quantitative estimate of drug-likeness (QED) is 0.827. The lowest BCUT2D eigenvalue weighted by atomic mass is 10.2.